The molecule has 0 saturated heterocycles. The van der Waals surface area contributed by atoms with E-state index in [4.69, 9.17) is 4.74 Å². The second-order valence-electron chi connectivity index (χ2n) is 8.77. The summed E-state index contributed by atoms with van der Waals surface area (Å²) in [5.41, 5.74) is 2.75. The summed E-state index contributed by atoms with van der Waals surface area (Å²) in [7, 11) is -1.05. The molecule has 0 unspecified atom stereocenters. The number of carbonyl (C=O) groups excluding carboxylic acids is 2. The van der Waals surface area contributed by atoms with Crippen molar-refractivity contribution in [2.75, 3.05) is 25.0 Å². The smallest absolute Gasteiger partial charge is 0.264 e. The van der Waals surface area contributed by atoms with E-state index in [9.17, 15) is 18.0 Å². The van der Waals surface area contributed by atoms with Crippen LogP contribution in [0.3, 0.4) is 0 Å². The summed E-state index contributed by atoms with van der Waals surface area (Å²) in [6.45, 7) is 4.89. The molecular weight excluding hydrogens is 490 g/mol. The van der Waals surface area contributed by atoms with Crippen LogP contribution >= 0.6 is 0 Å². The topological polar surface area (TPSA) is 96.0 Å². The van der Waals surface area contributed by atoms with Gasteiger partial charge in [-0.25, -0.2) is 8.42 Å². The number of amides is 2. The third-order valence-electron chi connectivity index (χ3n) is 6.17. The Balaban J connectivity index is 2.04. The maximum Gasteiger partial charge on any atom is 0.264 e. The Morgan fingerprint density at radius 1 is 0.973 bits per heavy atom. The van der Waals surface area contributed by atoms with E-state index in [1.807, 2.05) is 13.0 Å². The summed E-state index contributed by atoms with van der Waals surface area (Å²) in [6.07, 6.45) is 0. The van der Waals surface area contributed by atoms with Crippen LogP contribution in [0, 0.1) is 13.8 Å². The molecule has 0 aromatic heterocycles. The first-order valence-corrected chi connectivity index (χ1v) is 13.3. The third-order valence-corrected chi connectivity index (χ3v) is 7.95. The van der Waals surface area contributed by atoms with Crippen LogP contribution in [-0.2, 0) is 26.2 Å². The van der Waals surface area contributed by atoms with Gasteiger partial charge >= 0.3 is 0 Å². The molecule has 196 valence electrons. The van der Waals surface area contributed by atoms with Crippen molar-refractivity contribution in [2.24, 2.45) is 0 Å². The summed E-state index contributed by atoms with van der Waals surface area (Å²) >= 11 is 0. The van der Waals surface area contributed by atoms with Crippen LogP contribution < -0.4 is 14.4 Å². The number of benzene rings is 3. The predicted molar refractivity (Wildman–Crippen MR) is 144 cm³/mol. The largest absolute Gasteiger partial charge is 0.497 e. The van der Waals surface area contributed by atoms with Gasteiger partial charge in [-0.05, 0) is 62.2 Å². The Bertz CT molecular complexity index is 1360. The van der Waals surface area contributed by atoms with Gasteiger partial charge in [0, 0.05) is 13.6 Å². The number of carbonyl (C=O) groups is 2. The Hall–Kier alpha value is -3.85. The van der Waals surface area contributed by atoms with Gasteiger partial charge in [0.2, 0.25) is 11.8 Å². The van der Waals surface area contributed by atoms with Crippen molar-refractivity contribution in [1.29, 1.82) is 0 Å². The molecule has 0 aliphatic heterocycles. The molecule has 0 spiro atoms. The van der Waals surface area contributed by atoms with Gasteiger partial charge in [0.15, 0.2) is 0 Å². The maximum absolute atomic E-state index is 13.8. The number of ether oxygens (including phenoxy) is 1. The molecule has 3 aromatic rings. The molecule has 3 rings (SSSR count). The number of likely N-dealkylation sites (N-methyl/N-ethyl adjacent to an activating group) is 1. The van der Waals surface area contributed by atoms with E-state index in [1.54, 1.807) is 75.6 Å². The average molecular weight is 524 g/mol. The van der Waals surface area contributed by atoms with Gasteiger partial charge in [0.05, 0.1) is 17.7 Å². The minimum Gasteiger partial charge on any atom is -0.497 e. The minimum atomic E-state index is -4.09. The molecular formula is C28H33N3O5S. The molecule has 0 bridgehead atoms. The van der Waals surface area contributed by atoms with Crippen molar-refractivity contribution in [3.8, 4) is 5.75 Å². The molecule has 37 heavy (non-hydrogen) atoms. The average Bonchev–Trinajstić information content (AvgIpc) is 2.90. The molecule has 1 N–H and O–H groups in total. The zero-order chi connectivity index (χ0) is 27.2. The van der Waals surface area contributed by atoms with Crippen LogP contribution in [0.1, 0.15) is 23.6 Å². The van der Waals surface area contributed by atoms with Crippen LogP contribution in [-0.4, -0.2) is 51.9 Å². The van der Waals surface area contributed by atoms with Gasteiger partial charge < -0.3 is 15.0 Å². The lowest BCUT2D eigenvalue weighted by Crippen LogP contribution is -2.50. The van der Waals surface area contributed by atoms with E-state index in [1.165, 1.54) is 24.1 Å². The number of nitrogens with zero attached hydrogens (tertiary/aromatic N) is 2. The molecule has 9 heteroatoms. The number of aryl methyl sites for hydroxylation is 2. The molecule has 0 radical (unpaired) electrons. The van der Waals surface area contributed by atoms with Crippen LogP contribution in [0.4, 0.5) is 5.69 Å². The number of para-hydroxylation sites is 1. The summed E-state index contributed by atoms with van der Waals surface area (Å²) < 4.78 is 34.0. The summed E-state index contributed by atoms with van der Waals surface area (Å²) in [5.74, 6) is -0.265. The van der Waals surface area contributed by atoms with E-state index in [0.717, 1.165) is 15.4 Å². The quantitative estimate of drug-likeness (QED) is 0.438. The molecule has 0 heterocycles. The summed E-state index contributed by atoms with van der Waals surface area (Å²) in [5, 5.41) is 2.57. The SMILES string of the molecule is CNC(=O)[C@H](C)N(Cc1cccc(OC)c1)C(=O)CN(c1ccccc1C)S(=O)(=O)c1ccc(C)cc1. The molecule has 0 fully saturated rings. The Labute approximate surface area is 218 Å². The standard InChI is InChI=1S/C28H33N3O5S/c1-20-13-15-25(16-14-20)37(34,35)31(26-12-7-6-9-21(26)2)19-27(32)30(22(3)28(33)29-4)18-23-10-8-11-24(17-23)36-5/h6-17,22H,18-19H2,1-5H3,(H,29,33)/t22-/m0/s1. The van der Waals surface area contributed by atoms with E-state index < -0.39 is 28.5 Å². The Morgan fingerprint density at radius 2 is 1.65 bits per heavy atom. The van der Waals surface area contributed by atoms with Gasteiger partial charge in [-0.1, -0.05) is 48.0 Å². The van der Waals surface area contributed by atoms with E-state index in [2.05, 4.69) is 5.32 Å². The number of rotatable bonds is 10. The van der Waals surface area contributed by atoms with Crippen molar-refractivity contribution in [2.45, 2.75) is 38.3 Å². The summed E-state index contributed by atoms with van der Waals surface area (Å²) in [6, 6.07) is 19.8. The van der Waals surface area contributed by atoms with E-state index in [0.29, 0.717) is 17.0 Å². The van der Waals surface area contributed by atoms with Gasteiger partial charge in [0.1, 0.15) is 18.3 Å². The molecule has 0 saturated carbocycles. The fourth-order valence-corrected chi connectivity index (χ4v) is 5.43. The highest BCUT2D eigenvalue weighted by Crippen LogP contribution is 2.27. The minimum absolute atomic E-state index is 0.0767. The number of hydrogen-bond acceptors (Lipinski definition) is 5. The number of nitrogens with one attached hydrogen (secondary N) is 1. The lowest BCUT2D eigenvalue weighted by Gasteiger charge is -2.32. The second kappa shape index (κ2) is 11.9. The molecule has 3 aromatic carbocycles. The van der Waals surface area contributed by atoms with Crippen LogP contribution in [0.25, 0.3) is 0 Å². The van der Waals surface area contributed by atoms with Gasteiger partial charge in [-0.2, -0.15) is 0 Å². The predicted octanol–water partition coefficient (Wildman–Crippen LogP) is 3.67. The monoisotopic (exact) mass is 523 g/mol. The first-order valence-electron chi connectivity index (χ1n) is 11.9. The molecule has 8 nitrogen and oxygen atoms in total. The number of anilines is 1. The fourth-order valence-electron chi connectivity index (χ4n) is 3.95. The van der Waals surface area contributed by atoms with Crippen molar-refractivity contribution in [3.63, 3.8) is 0 Å². The number of methoxy groups -OCH3 is 1. The molecule has 0 aliphatic rings. The third kappa shape index (κ3) is 6.48. The van der Waals surface area contributed by atoms with Crippen molar-refractivity contribution in [1.82, 2.24) is 10.2 Å². The van der Waals surface area contributed by atoms with E-state index >= 15 is 0 Å². The normalized spacial score (nSPS) is 11.9. The fraction of sp³-hybridized carbons (Fsp3) is 0.286. The second-order valence-corrected chi connectivity index (χ2v) is 10.6. The zero-order valence-corrected chi connectivity index (χ0v) is 22.6. The highest BCUT2D eigenvalue weighted by atomic mass is 32.2. The summed E-state index contributed by atoms with van der Waals surface area (Å²) in [4.78, 5) is 27.8. The number of sulfonamides is 1. The molecule has 0 aliphatic carbocycles. The van der Waals surface area contributed by atoms with E-state index in [-0.39, 0.29) is 17.3 Å². The lowest BCUT2D eigenvalue weighted by molar-refractivity contribution is -0.139. The molecule has 1 atom stereocenters. The van der Waals surface area contributed by atoms with Gasteiger partial charge in [0.25, 0.3) is 10.0 Å². The van der Waals surface area contributed by atoms with Crippen LogP contribution in [0.15, 0.2) is 77.7 Å². The van der Waals surface area contributed by atoms with Crippen LogP contribution in [0.5, 0.6) is 5.75 Å². The van der Waals surface area contributed by atoms with Crippen molar-refractivity contribution >= 4 is 27.5 Å². The zero-order valence-electron chi connectivity index (χ0n) is 21.8. The van der Waals surface area contributed by atoms with Gasteiger partial charge in [-0.15, -0.1) is 0 Å². The lowest BCUT2D eigenvalue weighted by atomic mass is 10.1. The van der Waals surface area contributed by atoms with Crippen LogP contribution in [0.2, 0.25) is 0 Å². The van der Waals surface area contributed by atoms with Gasteiger partial charge in [-0.3, -0.25) is 13.9 Å². The Kier molecular flexibility index (Phi) is 8.94. The Morgan fingerprint density at radius 3 is 2.27 bits per heavy atom. The highest BCUT2D eigenvalue weighted by Gasteiger charge is 2.32. The number of hydrogen-bond donors (Lipinski definition) is 1. The first kappa shape index (κ1) is 27.7. The van der Waals surface area contributed by atoms with Crippen molar-refractivity contribution < 1.29 is 22.7 Å². The van der Waals surface area contributed by atoms with Crippen molar-refractivity contribution in [3.05, 3.63) is 89.5 Å². The highest BCUT2D eigenvalue weighted by molar-refractivity contribution is 7.92. The first-order chi connectivity index (χ1) is 17.6. The maximum atomic E-state index is 13.8. The molecule has 2 amide bonds.